The molecule has 0 bridgehead atoms. The Bertz CT molecular complexity index is 1390. The van der Waals surface area contributed by atoms with Crippen molar-refractivity contribution in [3.05, 3.63) is 51.7 Å². The van der Waals surface area contributed by atoms with E-state index in [1.165, 1.54) is 5.57 Å². The van der Waals surface area contributed by atoms with Crippen LogP contribution in [0.25, 0.3) is 33.1 Å². The summed E-state index contributed by atoms with van der Waals surface area (Å²) in [4.78, 5) is 23.3. The molecule has 8 nitrogen and oxygen atoms in total. The smallest absolute Gasteiger partial charge is 0.264 e. The summed E-state index contributed by atoms with van der Waals surface area (Å²) in [5, 5.41) is 6.33. The first-order chi connectivity index (χ1) is 14.4. The molecule has 0 amide bonds. The summed E-state index contributed by atoms with van der Waals surface area (Å²) in [6.07, 6.45) is 7.11. The summed E-state index contributed by atoms with van der Waals surface area (Å²) < 4.78 is 3.32. The van der Waals surface area contributed by atoms with Crippen molar-refractivity contribution in [3.63, 3.8) is 0 Å². The Morgan fingerprint density at radius 2 is 2.07 bits per heavy atom. The zero-order valence-corrected chi connectivity index (χ0v) is 17.7. The summed E-state index contributed by atoms with van der Waals surface area (Å²) >= 11 is 6.70. The fourth-order valence-corrected chi connectivity index (χ4v) is 4.49. The van der Waals surface area contributed by atoms with Crippen LogP contribution in [0.3, 0.4) is 0 Å². The van der Waals surface area contributed by atoms with Gasteiger partial charge in [-0.2, -0.15) is 10.1 Å². The molecule has 3 aromatic heterocycles. The predicted molar refractivity (Wildman–Crippen MR) is 120 cm³/mol. The van der Waals surface area contributed by atoms with E-state index in [2.05, 4.69) is 10.1 Å². The van der Waals surface area contributed by atoms with Crippen LogP contribution in [-0.4, -0.2) is 37.4 Å². The van der Waals surface area contributed by atoms with Crippen LogP contribution in [0.1, 0.15) is 12.8 Å². The first kappa shape index (κ1) is 18.7. The van der Waals surface area contributed by atoms with Gasteiger partial charge in [-0.15, -0.1) is 0 Å². The SMILES string of the molecule is CN(c1nc2[nH]cc(-c3ccc4nn(C)cc4c3Cl)c2c(=O)n1C)C1CC(=CN)C1. The number of aromatic amines is 1. The standard InChI is InChI=1S/C21H22ClN7O/c1-27-10-15-16(26-27)5-4-13(18(15)22)14-9-24-19-17(14)20(30)29(3)21(25-19)28(2)12-6-11(7-12)8-23/h4-5,8-10,12,24H,6-7,23H2,1-3H3. The second kappa shape index (κ2) is 6.63. The normalized spacial score (nSPS) is 16.3. The van der Waals surface area contributed by atoms with Crippen molar-refractivity contribution < 1.29 is 0 Å². The molecule has 154 valence electrons. The topological polar surface area (TPSA) is 97.8 Å². The average molecular weight is 424 g/mol. The highest BCUT2D eigenvalue weighted by Crippen LogP contribution is 2.37. The number of H-pyrrole nitrogens is 1. The number of rotatable bonds is 3. The number of benzene rings is 1. The van der Waals surface area contributed by atoms with E-state index in [0.717, 1.165) is 34.9 Å². The molecule has 0 unspecified atom stereocenters. The third kappa shape index (κ3) is 2.64. The van der Waals surface area contributed by atoms with Gasteiger partial charge in [0, 0.05) is 56.1 Å². The molecule has 0 aliphatic heterocycles. The number of hydrogen-bond acceptors (Lipinski definition) is 5. The van der Waals surface area contributed by atoms with E-state index in [1.54, 1.807) is 28.7 Å². The molecule has 5 rings (SSSR count). The number of nitrogens with two attached hydrogens (primary N) is 1. The maximum absolute atomic E-state index is 13.3. The van der Waals surface area contributed by atoms with Crippen LogP contribution in [-0.2, 0) is 14.1 Å². The van der Waals surface area contributed by atoms with Crippen LogP contribution < -0.4 is 16.2 Å². The van der Waals surface area contributed by atoms with E-state index in [4.69, 9.17) is 22.3 Å². The van der Waals surface area contributed by atoms with Gasteiger partial charge in [-0.25, -0.2) is 0 Å². The zero-order valence-electron chi connectivity index (χ0n) is 17.0. The number of aryl methyl sites for hydroxylation is 1. The van der Waals surface area contributed by atoms with Crippen molar-refractivity contribution in [2.45, 2.75) is 18.9 Å². The lowest BCUT2D eigenvalue weighted by molar-refractivity contribution is 0.499. The van der Waals surface area contributed by atoms with Crippen LogP contribution in [0.5, 0.6) is 0 Å². The summed E-state index contributed by atoms with van der Waals surface area (Å²) in [6, 6.07) is 4.09. The molecule has 1 saturated carbocycles. The molecule has 1 aliphatic carbocycles. The van der Waals surface area contributed by atoms with E-state index in [-0.39, 0.29) is 11.6 Å². The molecule has 30 heavy (non-hydrogen) atoms. The molecule has 1 aliphatic rings. The van der Waals surface area contributed by atoms with Crippen molar-refractivity contribution in [2.24, 2.45) is 19.8 Å². The Morgan fingerprint density at radius 1 is 1.30 bits per heavy atom. The van der Waals surface area contributed by atoms with Crippen molar-refractivity contribution in [1.29, 1.82) is 0 Å². The Balaban J connectivity index is 1.64. The van der Waals surface area contributed by atoms with Crippen LogP contribution in [0.2, 0.25) is 5.02 Å². The molecule has 0 radical (unpaired) electrons. The predicted octanol–water partition coefficient (Wildman–Crippen LogP) is 2.91. The fraction of sp³-hybridized carbons (Fsp3) is 0.286. The number of hydrogen-bond donors (Lipinski definition) is 2. The molecular formula is C21H22ClN7O. The molecule has 0 atom stereocenters. The van der Waals surface area contributed by atoms with E-state index < -0.39 is 0 Å². The Labute approximate surface area is 177 Å². The number of anilines is 1. The van der Waals surface area contributed by atoms with Gasteiger partial charge in [0.25, 0.3) is 5.56 Å². The zero-order chi connectivity index (χ0) is 21.2. The Hall–Kier alpha value is -3.26. The van der Waals surface area contributed by atoms with Gasteiger partial charge in [-0.3, -0.25) is 14.0 Å². The van der Waals surface area contributed by atoms with Crippen molar-refractivity contribution in [2.75, 3.05) is 11.9 Å². The lowest BCUT2D eigenvalue weighted by atomic mass is 9.86. The third-order valence-corrected chi connectivity index (χ3v) is 6.42. The maximum Gasteiger partial charge on any atom is 0.264 e. The van der Waals surface area contributed by atoms with Gasteiger partial charge in [0.15, 0.2) is 0 Å². The fourth-order valence-electron chi connectivity index (χ4n) is 4.18. The largest absolute Gasteiger partial charge is 0.405 e. The van der Waals surface area contributed by atoms with Crippen LogP contribution in [0.4, 0.5) is 5.95 Å². The molecule has 4 aromatic rings. The number of fused-ring (bicyclic) bond motifs is 2. The highest BCUT2D eigenvalue weighted by atomic mass is 35.5. The summed E-state index contributed by atoms with van der Waals surface area (Å²) in [5.74, 6) is 0.621. The minimum Gasteiger partial charge on any atom is -0.405 e. The van der Waals surface area contributed by atoms with Crippen molar-refractivity contribution in [3.8, 4) is 11.1 Å². The highest BCUT2D eigenvalue weighted by molar-refractivity contribution is 6.38. The minimum atomic E-state index is -0.116. The molecule has 0 saturated heterocycles. The first-order valence-electron chi connectivity index (χ1n) is 9.72. The minimum absolute atomic E-state index is 0.116. The quantitative estimate of drug-likeness (QED) is 0.528. The van der Waals surface area contributed by atoms with Crippen LogP contribution in [0, 0.1) is 0 Å². The molecule has 0 spiro atoms. The maximum atomic E-state index is 13.3. The third-order valence-electron chi connectivity index (χ3n) is 6.01. The highest BCUT2D eigenvalue weighted by Gasteiger charge is 2.29. The van der Waals surface area contributed by atoms with Gasteiger partial charge in [-0.05, 0) is 25.1 Å². The van der Waals surface area contributed by atoms with Crippen LogP contribution in [0.15, 0.2) is 41.1 Å². The van der Waals surface area contributed by atoms with Gasteiger partial charge in [0.05, 0.1) is 15.9 Å². The molecule has 3 N–H and O–H groups in total. The molecule has 1 fully saturated rings. The monoisotopic (exact) mass is 423 g/mol. The van der Waals surface area contributed by atoms with Gasteiger partial charge < -0.3 is 15.6 Å². The Morgan fingerprint density at radius 3 is 2.80 bits per heavy atom. The average Bonchev–Trinajstić information content (AvgIpc) is 3.27. The lowest BCUT2D eigenvalue weighted by Crippen LogP contribution is -2.42. The second-order valence-corrected chi connectivity index (χ2v) is 8.24. The number of halogens is 1. The summed E-state index contributed by atoms with van der Waals surface area (Å²) in [5.41, 5.74) is 9.58. The number of nitrogens with zero attached hydrogens (tertiary/aromatic N) is 5. The lowest BCUT2D eigenvalue weighted by Gasteiger charge is -2.37. The van der Waals surface area contributed by atoms with Gasteiger partial charge >= 0.3 is 0 Å². The van der Waals surface area contributed by atoms with E-state index in [0.29, 0.717) is 22.0 Å². The van der Waals surface area contributed by atoms with E-state index >= 15 is 0 Å². The molecule has 1 aromatic carbocycles. The second-order valence-electron chi connectivity index (χ2n) is 7.86. The van der Waals surface area contributed by atoms with Gasteiger partial charge in [0.2, 0.25) is 5.95 Å². The van der Waals surface area contributed by atoms with Gasteiger partial charge in [-0.1, -0.05) is 23.2 Å². The summed E-state index contributed by atoms with van der Waals surface area (Å²) in [7, 11) is 5.57. The van der Waals surface area contributed by atoms with Crippen LogP contribution >= 0.6 is 11.6 Å². The molecular weight excluding hydrogens is 402 g/mol. The van der Waals surface area contributed by atoms with E-state index in [9.17, 15) is 4.79 Å². The molecule has 9 heteroatoms. The van der Waals surface area contributed by atoms with Gasteiger partial charge in [0.1, 0.15) is 5.65 Å². The molecule has 3 heterocycles. The van der Waals surface area contributed by atoms with Crippen molar-refractivity contribution in [1.82, 2.24) is 24.3 Å². The summed E-state index contributed by atoms with van der Waals surface area (Å²) in [6.45, 7) is 0. The van der Waals surface area contributed by atoms with E-state index in [1.807, 2.05) is 37.3 Å². The number of nitrogens with one attached hydrogen (secondary N) is 1. The Kier molecular flexibility index (Phi) is 4.14. The number of aromatic nitrogens is 5. The first-order valence-corrected chi connectivity index (χ1v) is 10.1. The van der Waals surface area contributed by atoms with Crippen molar-refractivity contribution >= 4 is 39.5 Å².